The van der Waals surface area contributed by atoms with Crippen molar-refractivity contribution in [1.29, 1.82) is 0 Å². The van der Waals surface area contributed by atoms with Crippen LogP contribution in [-0.2, 0) is 4.79 Å². The van der Waals surface area contributed by atoms with Crippen molar-refractivity contribution in [2.45, 2.75) is 18.9 Å². The zero-order valence-electron chi connectivity index (χ0n) is 14.2. The normalized spacial score (nSPS) is 20.9. The molecule has 2 fully saturated rings. The van der Waals surface area contributed by atoms with Crippen molar-refractivity contribution < 1.29 is 14.3 Å². The number of rotatable bonds is 3. The highest BCUT2D eigenvalue weighted by Crippen LogP contribution is 2.26. The van der Waals surface area contributed by atoms with Gasteiger partial charge in [-0.15, -0.1) is 12.4 Å². The Morgan fingerprint density at radius 3 is 2.88 bits per heavy atom. The molecule has 1 unspecified atom stereocenters. The predicted molar refractivity (Wildman–Crippen MR) is 98.8 cm³/mol. The molecule has 0 aliphatic carbocycles. The van der Waals surface area contributed by atoms with E-state index in [1.807, 2.05) is 9.80 Å². The Balaban J connectivity index is 0.00000225. The standard InChI is InChI=1S/C17H22ClN3O3.ClH/c1-24-15-9-12(18)4-5-14(15)17(23)20-7-2-3-13(11-20)21-8-6-19-10-16(21)22;/h4-5,9,13,19H,2-3,6-8,10-11H2,1H3;1H. The molecule has 2 aliphatic rings. The summed E-state index contributed by atoms with van der Waals surface area (Å²) in [5.41, 5.74) is 0.509. The Hall–Kier alpha value is -1.50. The highest BCUT2D eigenvalue weighted by atomic mass is 35.5. The number of carbonyl (C=O) groups excluding carboxylic acids is 2. The summed E-state index contributed by atoms with van der Waals surface area (Å²) in [6, 6.07) is 5.13. The van der Waals surface area contributed by atoms with Gasteiger partial charge in [-0.1, -0.05) is 11.6 Å². The van der Waals surface area contributed by atoms with E-state index >= 15 is 0 Å². The Kier molecular flexibility index (Phi) is 6.93. The van der Waals surface area contributed by atoms with E-state index in [0.29, 0.717) is 42.5 Å². The molecule has 2 heterocycles. The molecule has 0 radical (unpaired) electrons. The van der Waals surface area contributed by atoms with Crippen LogP contribution in [0.2, 0.25) is 5.02 Å². The fraction of sp³-hybridized carbons (Fsp3) is 0.529. The highest BCUT2D eigenvalue weighted by Gasteiger charge is 2.32. The van der Waals surface area contributed by atoms with Crippen molar-refractivity contribution in [3.8, 4) is 5.75 Å². The fourth-order valence-electron chi connectivity index (χ4n) is 3.41. The van der Waals surface area contributed by atoms with Gasteiger partial charge in [0, 0.05) is 37.2 Å². The Morgan fingerprint density at radius 1 is 1.36 bits per heavy atom. The first-order valence-electron chi connectivity index (χ1n) is 8.23. The van der Waals surface area contributed by atoms with E-state index in [2.05, 4.69) is 5.32 Å². The molecule has 8 heteroatoms. The molecule has 1 aromatic rings. The number of carbonyl (C=O) groups is 2. The zero-order valence-corrected chi connectivity index (χ0v) is 15.7. The topological polar surface area (TPSA) is 61.9 Å². The second-order valence-electron chi connectivity index (χ2n) is 6.16. The largest absolute Gasteiger partial charge is 0.496 e. The number of piperazine rings is 1. The van der Waals surface area contributed by atoms with E-state index in [-0.39, 0.29) is 30.3 Å². The first-order chi connectivity index (χ1) is 11.6. The van der Waals surface area contributed by atoms with Crippen LogP contribution in [0.3, 0.4) is 0 Å². The lowest BCUT2D eigenvalue weighted by atomic mass is 10.0. The lowest BCUT2D eigenvalue weighted by Crippen LogP contribution is -2.57. The van der Waals surface area contributed by atoms with Crippen LogP contribution in [0.4, 0.5) is 0 Å². The molecule has 25 heavy (non-hydrogen) atoms. The first kappa shape index (κ1) is 19.8. The van der Waals surface area contributed by atoms with Crippen LogP contribution < -0.4 is 10.1 Å². The number of hydrogen-bond donors (Lipinski definition) is 1. The summed E-state index contributed by atoms with van der Waals surface area (Å²) >= 11 is 5.97. The van der Waals surface area contributed by atoms with Crippen molar-refractivity contribution in [2.24, 2.45) is 0 Å². The van der Waals surface area contributed by atoms with Gasteiger partial charge in [0.2, 0.25) is 5.91 Å². The third kappa shape index (κ3) is 4.37. The maximum absolute atomic E-state index is 12.9. The van der Waals surface area contributed by atoms with Gasteiger partial charge in [-0.2, -0.15) is 0 Å². The zero-order chi connectivity index (χ0) is 17.1. The summed E-state index contributed by atoms with van der Waals surface area (Å²) in [6.07, 6.45) is 1.83. The van der Waals surface area contributed by atoms with Crippen LogP contribution in [0.15, 0.2) is 18.2 Å². The summed E-state index contributed by atoms with van der Waals surface area (Å²) in [6.45, 7) is 3.16. The van der Waals surface area contributed by atoms with E-state index < -0.39 is 0 Å². The Labute approximate surface area is 158 Å². The summed E-state index contributed by atoms with van der Waals surface area (Å²) < 4.78 is 5.29. The number of nitrogens with zero attached hydrogens (tertiary/aromatic N) is 2. The second-order valence-corrected chi connectivity index (χ2v) is 6.59. The van der Waals surface area contributed by atoms with Gasteiger partial charge in [0.1, 0.15) is 5.75 Å². The average Bonchev–Trinajstić information content (AvgIpc) is 2.61. The average molecular weight is 388 g/mol. The number of likely N-dealkylation sites (tertiary alicyclic amines) is 1. The monoisotopic (exact) mass is 387 g/mol. The van der Waals surface area contributed by atoms with Crippen molar-refractivity contribution >= 4 is 35.8 Å². The molecular formula is C17H23Cl2N3O3. The number of amides is 2. The minimum absolute atomic E-state index is 0. The molecule has 138 valence electrons. The van der Waals surface area contributed by atoms with Crippen molar-refractivity contribution in [2.75, 3.05) is 39.8 Å². The number of ether oxygens (including phenoxy) is 1. The predicted octanol–water partition coefficient (Wildman–Crippen LogP) is 1.81. The lowest BCUT2D eigenvalue weighted by molar-refractivity contribution is -0.135. The van der Waals surface area contributed by atoms with Crippen molar-refractivity contribution in [1.82, 2.24) is 15.1 Å². The van der Waals surface area contributed by atoms with Crippen LogP contribution >= 0.6 is 24.0 Å². The molecule has 0 spiro atoms. The van der Waals surface area contributed by atoms with Crippen LogP contribution in [0, 0.1) is 0 Å². The van der Waals surface area contributed by atoms with E-state index in [9.17, 15) is 9.59 Å². The quantitative estimate of drug-likeness (QED) is 0.858. The summed E-state index contributed by atoms with van der Waals surface area (Å²) in [5, 5.41) is 3.62. The molecule has 2 saturated heterocycles. The molecule has 0 bridgehead atoms. The van der Waals surface area contributed by atoms with Crippen LogP contribution in [0.5, 0.6) is 5.75 Å². The van der Waals surface area contributed by atoms with E-state index in [1.165, 1.54) is 7.11 Å². The van der Waals surface area contributed by atoms with Gasteiger partial charge in [0.25, 0.3) is 5.91 Å². The van der Waals surface area contributed by atoms with Gasteiger partial charge in [0.15, 0.2) is 0 Å². The number of nitrogens with one attached hydrogen (secondary N) is 1. The number of halogens is 2. The van der Waals surface area contributed by atoms with E-state index in [1.54, 1.807) is 18.2 Å². The number of benzene rings is 1. The molecule has 6 nitrogen and oxygen atoms in total. The highest BCUT2D eigenvalue weighted by molar-refractivity contribution is 6.30. The van der Waals surface area contributed by atoms with Gasteiger partial charge >= 0.3 is 0 Å². The van der Waals surface area contributed by atoms with Crippen LogP contribution in [0.1, 0.15) is 23.2 Å². The van der Waals surface area contributed by atoms with Crippen LogP contribution in [-0.4, -0.2) is 67.5 Å². The van der Waals surface area contributed by atoms with Crippen LogP contribution in [0.25, 0.3) is 0 Å². The maximum atomic E-state index is 12.9. The molecule has 0 aromatic heterocycles. The fourth-order valence-corrected chi connectivity index (χ4v) is 3.58. The van der Waals surface area contributed by atoms with Gasteiger partial charge in [-0.05, 0) is 31.0 Å². The van der Waals surface area contributed by atoms with E-state index in [0.717, 1.165) is 19.4 Å². The second kappa shape index (κ2) is 8.74. The minimum Gasteiger partial charge on any atom is -0.496 e. The minimum atomic E-state index is -0.0733. The summed E-state index contributed by atoms with van der Waals surface area (Å²) in [5.74, 6) is 0.522. The molecule has 0 saturated carbocycles. The Bertz CT molecular complexity index is 642. The van der Waals surface area contributed by atoms with Crippen molar-refractivity contribution in [3.63, 3.8) is 0 Å². The van der Waals surface area contributed by atoms with Gasteiger partial charge < -0.3 is 19.9 Å². The number of piperidine rings is 1. The Morgan fingerprint density at radius 2 is 2.16 bits per heavy atom. The smallest absolute Gasteiger partial charge is 0.257 e. The summed E-state index contributed by atoms with van der Waals surface area (Å²) in [7, 11) is 1.53. The molecule has 1 atom stereocenters. The SMILES string of the molecule is COc1cc(Cl)ccc1C(=O)N1CCCC(N2CCNCC2=O)C1.Cl. The molecule has 2 amide bonds. The maximum Gasteiger partial charge on any atom is 0.257 e. The van der Waals surface area contributed by atoms with Gasteiger partial charge in [0.05, 0.1) is 19.2 Å². The molecule has 1 N–H and O–H groups in total. The van der Waals surface area contributed by atoms with Crippen molar-refractivity contribution in [3.05, 3.63) is 28.8 Å². The summed E-state index contributed by atoms with van der Waals surface area (Å²) in [4.78, 5) is 28.7. The molecule has 2 aliphatic heterocycles. The first-order valence-corrected chi connectivity index (χ1v) is 8.61. The third-order valence-corrected chi connectivity index (χ3v) is 4.88. The van der Waals surface area contributed by atoms with Gasteiger partial charge in [-0.3, -0.25) is 9.59 Å². The lowest BCUT2D eigenvalue weighted by Gasteiger charge is -2.41. The number of hydrogen-bond acceptors (Lipinski definition) is 4. The third-order valence-electron chi connectivity index (χ3n) is 4.64. The number of methoxy groups -OCH3 is 1. The molecule has 1 aromatic carbocycles. The molecular weight excluding hydrogens is 365 g/mol. The van der Waals surface area contributed by atoms with Gasteiger partial charge in [-0.25, -0.2) is 0 Å². The molecule has 3 rings (SSSR count). The van der Waals surface area contributed by atoms with E-state index in [4.69, 9.17) is 16.3 Å².